The van der Waals surface area contributed by atoms with Gasteiger partial charge >= 0.3 is 0 Å². The molecule has 2 aromatic carbocycles. The van der Waals surface area contributed by atoms with Gasteiger partial charge in [-0.25, -0.2) is 13.8 Å². The molecule has 0 spiro atoms. The van der Waals surface area contributed by atoms with Crippen LogP contribution < -0.4 is 15.1 Å². The van der Waals surface area contributed by atoms with E-state index in [-0.39, 0.29) is 17.4 Å². The number of carbonyl (C=O) groups is 1. The number of benzene rings is 2. The van der Waals surface area contributed by atoms with E-state index in [1.807, 2.05) is 67.3 Å². The van der Waals surface area contributed by atoms with Crippen LogP contribution in [-0.4, -0.2) is 76.8 Å². The van der Waals surface area contributed by atoms with Crippen molar-refractivity contribution in [3.8, 4) is 11.1 Å². The summed E-state index contributed by atoms with van der Waals surface area (Å²) < 4.78 is 35.1. The number of halogens is 2. The van der Waals surface area contributed by atoms with Gasteiger partial charge in [-0.3, -0.25) is 9.48 Å². The Kier molecular flexibility index (Phi) is 11.0. The highest BCUT2D eigenvalue weighted by atomic mass is 19.3. The smallest absolute Gasteiger partial charge is 0.264 e. The summed E-state index contributed by atoms with van der Waals surface area (Å²) in [6.07, 6.45) is 14.1. The molecule has 1 amide bonds. The molecule has 0 bridgehead atoms. The quantitative estimate of drug-likeness (QED) is 0.129. The number of rotatable bonds is 13. The highest BCUT2D eigenvalue weighted by Crippen LogP contribution is 2.46. The molecule has 8 rings (SSSR count). The Bertz CT molecular complexity index is 2210. The SMILES string of the molecule is C=Cc1ccccc1C(=O)N(C)CC1CN(c2cn3ccnc3cc2-c2cc3c(cc2C(F)F)N(c2nn(C4CCCCC4)c(CCNC)c2CC)CCC3)C1. The molecule has 11 heteroatoms. The Labute approximate surface area is 329 Å². The van der Waals surface area contributed by atoms with Gasteiger partial charge < -0.3 is 24.4 Å². The Morgan fingerprint density at radius 1 is 1.07 bits per heavy atom. The number of alkyl halides is 2. The predicted molar refractivity (Wildman–Crippen MR) is 221 cm³/mol. The summed E-state index contributed by atoms with van der Waals surface area (Å²) in [7, 11) is 3.83. The van der Waals surface area contributed by atoms with Crippen LogP contribution in [0.2, 0.25) is 0 Å². The van der Waals surface area contributed by atoms with Crippen molar-refractivity contribution < 1.29 is 13.6 Å². The lowest BCUT2D eigenvalue weighted by Gasteiger charge is -2.43. The molecule has 0 radical (unpaired) electrons. The van der Waals surface area contributed by atoms with Crippen molar-refractivity contribution in [2.45, 2.75) is 77.2 Å². The lowest BCUT2D eigenvalue weighted by atomic mass is 9.90. The Balaban J connectivity index is 1.13. The Hall–Kier alpha value is -5.03. The number of aromatic nitrogens is 4. The maximum atomic E-state index is 15.4. The number of nitrogens with zero attached hydrogens (tertiary/aromatic N) is 7. The van der Waals surface area contributed by atoms with Crippen LogP contribution in [0.1, 0.15) is 96.2 Å². The van der Waals surface area contributed by atoms with E-state index in [0.29, 0.717) is 42.5 Å². The minimum Gasteiger partial charge on any atom is -0.369 e. The van der Waals surface area contributed by atoms with Gasteiger partial charge in [-0.2, -0.15) is 5.10 Å². The first-order valence-electron chi connectivity index (χ1n) is 20.5. The van der Waals surface area contributed by atoms with Gasteiger partial charge in [0, 0.05) is 104 Å². The highest BCUT2D eigenvalue weighted by Gasteiger charge is 2.34. The number of hydrogen-bond acceptors (Lipinski definition) is 6. The van der Waals surface area contributed by atoms with E-state index in [9.17, 15) is 4.79 Å². The summed E-state index contributed by atoms with van der Waals surface area (Å²) in [4.78, 5) is 24.2. The Morgan fingerprint density at radius 3 is 2.62 bits per heavy atom. The summed E-state index contributed by atoms with van der Waals surface area (Å²) in [5.41, 5.74) is 8.81. The number of aryl methyl sites for hydroxylation is 1. The van der Waals surface area contributed by atoms with E-state index in [1.165, 1.54) is 30.5 Å². The van der Waals surface area contributed by atoms with Crippen LogP contribution in [0.15, 0.2) is 67.6 Å². The minimum absolute atomic E-state index is 0.0243. The van der Waals surface area contributed by atoms with Crippen LogP contribution in [-0.2, 0) is 19.3 Å². The minimum atomic E-state index is -2.68. The molecular weight excluding hydrogens is 707 g/mol. The van der Waals surface area contributed by atoms with Crippen LogP contribution >= 0.6 is 0 Å². The van der Waals surface area contributed by atoms with Gasteiger partial charge in [0.25, 0.3) is 12.3 Å². The summed E-state index contributed by atoms with van der Waals surface area (Å²) in [5.74, 6) is 1.13. The van der Waals surface area contributed by atoms with Crippen molar-refractivity contribution in [2.24, 2.45) is 5.92 Å². The molecule has 1 saturated carbocycles. The van der Waals surface area contributed by atoms with Crippen molar-refractivity contribution >= 4 is 34.8 Å². The third-order valence-corrected chi connectivity index (χ3v) is 12.2. The fourth-order valence-electron chi connectivity index (χ4n) is 9.33. The number of likely N-dealkylation sites (N-methyl/N-ethyl adjacent to an activating group) is 1. The standard InChI is InChI=1S/C45H54F2N8O/c1-5-31-13-10-11-17-35(31)45(56)51(4)26-30-27-53(28-30)41-29-52-22-20-49-42(52)25-37(41)36-23-32-14-12-21-54(40(32)24-38(36)43(46)47)44-34(6-2)39(18-19-48-3)55(50-44)33-15-8-7-9-16-33/h5,10-11,13,17,20,22-25,29-30,33,43,48H,1,6-9,12,14-16,18-19,21,26-28H2,2-4H3. The second kappa shape index (κ2) is 16.2. The summed E-state index contributed by atoms with van der Waals surface area (Å²) in [5, 5.41) is 8.70. The number of fused-ring (bicyclic) bond motifs is 2. The normalized spacial score (nSPS) is 16.4. The monoisotopic (exact) mass is 760 g/mol. The molecule has 3 aliphatic rings. The summed E-state index contributed by atoms with van der Waals surface area (Å²) in [6, 6.07) is 13.6. The fourth-order valence-corrected chi connectivity index (χ4v) is 9.33. The Morgan fingerprint density at radius 2 is 1.88 bits per heavy atom. The molecule has 5 heterocycles. The first-order valence-corrected chi connectivity index (χ1v) is 20.5. The van der Waals surface area contributed by atoms with Gasteiger partial charge in [0.2, 0.25) is 0 Å². The molecular formula is C45H54F2N8O. The van der Waals surface area contributed by atoms with Gasteiger partial charge in [-0.1, -0.05) is 57.0 Å². The molecule has 56 heavy (non-hydrogen) atoms. The lowest BCUT2D eigenvalue weighted by Crippen LogP contribution is -2.52. The van der Waals surface area contributed by atoms with Gasteiger partial charge in [-0.15, -0.1) is 0 Å². The number of anilines is 3. The van der Waals surface area contributed by atoms with E-state index in [0.717, 1.165) is 85.5 Å². The molecule has 0 atom stereocenters. The van der Waals surface area contributed by atoms with Crippen LogP contribution in [0.3, 0.4) is 0 Å². The van der Waals surface area contributed by atoms with E-state index in [1.54, 1.807) is 23.2 Å². The predicted octanol–water partition coefficient (Wildman–Crippen LogP) is 8.90. The maximum absolute atomic E-state index is 15.4. The molecule has 2 aliphatic heterocycles. The molecule has 9 nitrogen and oxygen atoms in total. The van der Waals surface area contributed by atoms with E-state index in [4.69, 9.17) is 5.10 Å². The molecule has 1 saturated heterocycles. The summed E-state index contributed by atoms with van der Waals surface area (Å²) in [6.45, 7) is 9.67. The second-order valence-electron chi connectivity index (χ2n) is 15.8. The zero-order valence-corrected chi connectivity index (χ0v) is 33.0. The van der Waals surface area contributed by atoms with Crippen LogP contribution in [0.4, 0.5) is 26.0 Å². The molecule has 3 aromatic heterocycles. The molecule has 0 unspecified atom stereocenters. The average Bonchev–Trinajstić information content (AvgIpc) is 3.83. The first kappa shape index (κ1) is 37.9. The second-order valence-corrected chi connectivity index (χ2v) is 15.8. The zero-order valence-electron chi connectivity index (χ0n) is 33.0. The van der Waals surface area contributed by atoms with Crippen LogP contribution in [0.5, 0.6) is 0 Å². The number of amides is 1. The van der Waals surface area contributed by atoms with Crippen molar-refractivity contribution in [3.63, 3.8) is 0 Å². The molecule has 1 aliphatic carbocycles. The first-order chi connectivity index (χ1) is 27.3. The number of imidazole rings is 1. The van der Waals surface area contributed by atoms with Crippen LogP contribution in [0.25, 0.3) is 22.9 Å². The number of nitrogens with one attached hydrogen (secondary N) is 1. The van der Waals surface area contributed by atoms with E-state index >= 15 is 8.78 Å². The summed E-state index contributed by atoms with van der Waals surface area (Å²) >= 11 is 0. The largest absolute Gasteiger partial charge is 0.369 e. The van der Waals surface area contributed by atoms with Gasteiger partial charge in [-0.05, 0) is 80.1 Å². The third kappa shape index (κ3) is 7.10. The van der Waals surface area contributed by atoms with Crippen LogP contribution in [0, 0.1) is 5.92 Å². The van der Waals surface area contributed by atoms with Gasteiger partial charge in [0.05, 0.1) is 11.7 Å². The van der Waals surface area contributed by atoms with Gasteiger partial charge in [0.15, 0.2) is 5.82 Å². The topological polar surface area (TPSA) is 73.9 Å². The zero-order chi connectivity index (χ0) is 38.9. The maximum Gasteiger partial charge on any atom is 0.264 e. The van der Waals surface area contributed by atoms with Crippen molar-refractivity contribution in [2.75, 3.05) is 56.6 Å². The number of hydrogen-bond donors (Lipinski definition) is 1. The highest BCUT2D eigenvalue weighted by molar-refractivity contribution is 5.97. The number of carbonyl (C=O) groups excluding carboxylic acids is 1. The van der Waals surface area contributed by atoms with E-state index in [2.05, 4.69) is 38.3 Å². The van der Waals surface area contributed by atoms with Gasteiger partial charge in [0.1, 0.15) is 5.65 Å². The average molecular weight is 761 g/mol. The third-order valence-electron chi connectivity index (χ3n) is 12.2. The molecule has 5 aromatic rings. The fraction of sp³-hybridized carbons (Fsp3) is 0.444. The van der Waals surface area contributed by atoms with Crippen molar-refractivity contribution in [1.29, 1.82) is 0 Å². The number of pyridine rings is 1. The lowest BCUT2D eigenvalue weighted by molar-refractivity contribution is 0.0763. The molecule has 1 N–H and O–H groups in total. The van der Waals surface area contributed by atoms with Crippen molar-refractivity contribution in [1.82, 2.24) is 29.4 Å². The molecule has 294 valence electrons. The van der Waals surface area contributed by atoms with E-state index < -0.39 is 6.43 Å². The van der Waals surface area contributed by atoms with Crippen molar-refractivity contribution in [3.05, 3.63) is 101 Å². The molecule has 2 fully saturated rings.